The van der Waals surface area contributed by atoms with Crippen LogP contribution in [-0.4, -0.2) is 51.2 Å². The third kappa shape index (κ3) is 2.34. The molecule has 0 saturated carbocycles. The van der Waals surface area contributed by atoms with E-state index >= 15 is 0 Å². The van der Waals surface area contributed by atoms with Gasteiger partial charge in [-0.25, -0.2) is 0 Å². The van der Waals surface area contributed by atoms with E-state index in [-0.39, 0.29) is 17.0 Å². The van der Waals surface area contributed by atoms with Gasteiger partial charge in [0.1, 0.15) is 11.1 Å². The number of morpholine rings is 1. The van der Waals surface area contributed by atoms with Crippen LogP contribution in [0.2, 0.25) is 0 Å². The fourth-order valence-electron chi connectivity index (χ4n) is 1.43. The highest BCUT2D eigenvalue weighted by atomic mass is 32.1. The van der Waals surface area contributed by atoms with Gasteiger partial charge in [0.15, 0.2) is 5.69 Å². The number of hydrogen-bond donors (Lipinski definition) is 1. The highest BCUT2D eigenvalue weighted by Crippen LogP contribution is 2.10. The van der Waals surface area contributed by atoms with Crippen LogP contribution < -0.4 is 5.73 Å². The Morgan fingerprint density at radius 1 is 1.75 bits per heavy atom. The molecule has 8 heteroatoms. The SMILES string of the molecule is NC(=S)C1CN(C(=O)c2csnn2)CCO1. The molecule has 16 heavy (non-hydrogen) atoms. The predicted octanol–water partition coefficient (Wildman–Crippen LogP) is -0.335. The van der Waals surface area contributed by atoms with E-state index in [2.05, 4.69) is 9.59 Å². The maximum Gasteiger partial charge on any atom is 0.275 e. The highest BCUT2D eigenvalue weighted by molar-refractivity contribution is 7.80. The van der Waals surface area contributed by atoms with Gasteiger partial charge >= 0.3 is 0 Å². The number of thiocarbonyl (C=S) groups is 1. The van der Waals surface area contributed by atoms with Crippen LogP contribution in [0, 0.1) is 0 Å². The summed E-state index contributed by atoms with van der Waals surface area (Å²) in [4.78, 5) is 13.8. The van der Waals surface area contributed by atoms with Gasteiger partial charge in [-0.05, 0) is 11.5 Å². The van der Waals surface area contributed by atoms with Crippen molar-refractivity contribution >= 4 is 34.6 Å². The number of aromatic nitrogens is 2. The number of nitrogens with zero attached hydrogens (tertiary/aromatic N) is 3. The molecule has 1 fully saturated rings. The molecule has 0 bridgehead atoms. The lowest BCUT2D eigenvalue weighted by Gasteiger charge is -2.31. The van der Waals surface area contributed by atoms with E-state index in [9.17, 15) is 4.79 Å². The first-order valence-corrected chi connectivity index (χ1v) is 5.90. The van der Waals surface area contributed by atoms with Crippen molar-refractivity contribution in [1.29, 1.82) is 0 Å². The molecule has 1 aliphatic rings. The number of ether oxygens (including phenoxy) is 1. The van der Waals surface area contributed by atoms with Gasteiger partial charge in [-0.3, -0.25) is 4.79 Å². The van der Waals surface area contributed by atoms with Crippen molar-refractivity contribution in [1.82, 2.24) is 14.5 Å². The Balaban J connectivity index is 2.05. The molecular formula is C8H10N4O2S2. The highest BCUT2D eigenvalue weighted by Gasteiger charge is 2.27. The predicted molar refractivity (Wildman–Crippen MR) is 62.3 cm³/mol. The normalized spacial score (nSPS) is 20.8. The number of carbonyl (C=O) groups is 1. The summed E-state index contributed by atoms with van der Waals surface area (Å²) in [7, 11) is 0. The van der Waals surface area contributed by atoms with Gasteiger partial charge in [0.2, 0.25) is 0 Å². The standard InChI is InChI=1S/C8H10N4O2S2/c9-7(15)6-3-12(1-2-14-6)8(13)5-4-16-11-10-5/h4,6H,1-3H2,(H2,9,15). The van der Waals surface area contributed by atoms with Gasteiger partial charge in [-0.2, -0.15) is 0 Å². The Labute approximate surface area is 102 Å². The van der Waals surface area contributed by atoms with Crippen molar-refractivity contribution in [3.05, 3.63) is 11.1 Å². The number of amides is 1. The van der Waals surface area contributed by atoms with Gasteiger partial charge in [0, 0.05) is 11.9 Å². The summed E-state index contributed by atoms with van der Waals surface area (Å²) in [5, 5.41) is 5.35. The van der Waals surface area contributed by atoms with Crippen molar-refractivity contribution in [2.45, 2.75) is 6.10 Å². The molecule has 0 radical (unpaired) electrons. The van der Waals surface area contributed by atoms with Gasteiger partial charge in [-0.15, -0.1) is 5.10 Å². The molecule has 1 atom stereocenters. The van der Waals surface area contributed by atoms with Crippen molar-refractivity contribution in [2.75, 3.05) is 19.7 Å². The van der Waals surface area contributed by atoms with E-state index < -0.39 is 0 Å². The summed E-state index contributed by atoms with van der Waals surface area (Å²) in [6.07, 6.45) is -0.362. The third-order valence-corrected chi connectivity index (χ3v) is 3.02. The van der Waals surface area contributed by atoms with Crippen LogP contribution >= 0.6 is 23.8 Å². The lowest BCUT2D eigenvalue weighted by molar-refractivity contribution is 0.00850. The number of nitrogens with two attached hydrogens (primary N) is 1. The van der Waals surface area contributed by atoms with Crippen LogP contribution in [0.15, 0.2) is 5.38 Å². The van der Waals surface area contributed by atoms with E-state index in [0.29, 0.717) is 25.4 Å². The second kappa shape index (κ2) is 4.81. The van der Waals surface area contributed by atoms with Crippen LogP contribution in [0.1, 0.15) is 10.5 Å². The largest absolute Gasteiger partial charge is 0.391 e. The van der Waals surface area contributed by atoms with Crippen molar-refractivity contribution in [3.8, 4) is 0 Å². The molecule has 1 aromatic rings. The molecule has 0 aliphatic carbocycles. The minimum atomic E-state index is -0.362. The van der Waals surface area contributed by atoms with Crippen molar-refractivity contribution in [2.24, 2.45) is 5.73 Å². The molecule has 6 nitrogen and oxygen atoms in total. The second-order valence-electron chi connectivity index (χ2n) is 3.30. The maximum absolute atomic E-state index is 11.9. The average molecular weight is 258 g/mol. The molecule has 0 spiro atoms. The number of hydrogen-bond acceptors (Lipinski definition) is 6. The molecule has 2 heterocycles. The minimum absolute atomic E-state index is 0.154. The minimum Gasteiger partial charge on any atom is -0.391 e. The monoisotopic (exact) mass is 258 g/mol. The molecule has 1 aliphatic heterocycles. The van der Waals surface area contributed by atoms with E-state index in [1.54, 1.807) is 10.3 Å². The summed E-state index contributed by atoms with van der Waals surface area (Å²) in [5.74, 6) is -0.154. The van der Waals surface area contributed by atoms with Gasteiger partial charge in [0.25, 0.3) is 5.91 Å². The molecule has 1 amide bonds. The first-order valence-electron chi connectivity index (χ1n) is 4.65. The van der Waals surface area contributed by atoms with E-state index in [1.807, 2.05) is 0 Å². The second-order valence-corrected chi connectivity index (χ2v) is 4.38. The first kappa shape index (κ1) is 11.4. The Kier molecular flexibility index (Phi) is 3.42. The molecule has 2 rings (SSSR count). The zero-order valence-electron chi connectivity index (χ0n) is 8.33. The Hall–Kier alpha value is -1.12. The zero-order valence-corrected chi connectivity index (χ0v) is 9.96. The van der Waals surface area contributed by atoms with E-state index in [1.165, 1.54) is 0 Å². The molecular weight excluding hydrogens is 248 g/mol. The quantitative estimate of drug-likeness (QED) is 0.731. The van der Waals surface area contributed by atoms with Gasteiger partial charge < -0.3 is 15.4 Å². The Morgan fingerprint density at radius 3 is 3.19 bits per heavy atom. The molecule has 1 aromatic heterocycles. The van der Waals surface area contributed by atoms with Crippen LogP contribution in [0.3, 0.4) is 0 Å². The van der Waals surface area contributed by atoms with E-state index in [4.69, 9.17) is 22.7 Å². The van der Waals surface area contributed by atoms with Crippen LogP contribution in [0.25, 0.3) is 0 Å². The number of carbonyl (C=O) groups excluding carboxylic acids is 1. The Bertz CT molecular complexity index is 395. The van der Waals surface area contributed by atoms with Crippen molar-refractivity contribution < 1.29 is 9.53 Å². The number of rotatable bonds is 2. The topological polar surface area (TPSA) is 81.3 Å². The van der Waals surface area contributed by atoms with E-state index in [0.717, 1.165) is 11.5 Å². The zero-order chi connectivity index (χ0) is 11.5. The lowest BCUT2D eigenvalue weighted by atomic mass is 10.2. The maximum atomic E-state index is 11.9. The fourth-order valence-corrected chi connectivity index (χ4v) is 2.00. The summed E-state index contributed by atoms with van der Waals surface area (Å²) in [5.41, 5.74) is 5.85. The average Bonchev–Trinajstić information content (AvgIpc) is 2.81. The van der Waals surface area contributed by atoms with Crippen molar-refractivity contribution in [3.63, 3.8) is 0 Å². The molecule has 1 unspecified atom stereocenters. The molecule has 1 saturated heterocycles. The summed E-state index contributed by atoms with van der Waals surface area (Å²) < 4.78 is 9.00. The summed E-state index contributed by atoms with van der Waals surface area (Å²) >= 11 is 5.99. The van der Waals surface area contributed by atoms with Crippen LogP contribution in [0.4, 0.5) is 0 Å². The third-order valence-electron chi connectivity index (χ3n) is 2.25. The Morgan fingerprint density at radius 2 is 2.56 bits per heavy atom. The van der Waals surface area contributed by atoms with Gasteiger partial charge in [-0.1, -0.05) is 16.7 Å². The smallest absolute Gasteiger partial charge is 0.275 e. The first-order chi connectivity index (χ1) is 7.68. The van der Waals surface area contributed by atoms with Crippen LogP contribution in [0.5, 0.6) is 0 Å². The summed E-state index contributed by atoms with van der Waals surface area (Å²) in [6.45, 7) is 1.34. The van der Waals surface area contributed by atoms with Gasteiger partial charge in [0.05, 0.1) is 13.2 Å². The van der Waals surface area contributed by atoms with Crippen LogP contribution in [-0.2, 0) is 4.74 Å². The molecule has 86 valence electrons. The fraction of sp³-hybridized carbons (Fsp3) is 0.500. The molecule has 2 N–H and O–H groups in total. The molecule has 0 aromatic carbocycles. The lowest BCUT2D eigenvalue weighted by Crippen LogP contribution is -2.50. The summed E-state index contributed by atoms with van der Waals surface area (Å²) in [6, 6.07) is 0.